The highest BCUT2D eigenvalue weighted by Crippen LogP contribution is 2.25. The number of hydrogen-bond donors (Lipinski definition) is 3. The number of anilines is 3. The van der Waals surface area contributed by atoms with Gasteiger partial charge in [0, 0.05) is 34.9 Å². The number of rotatable bonds is 8. The highest BCUT2D eigenvalue weighted by atomic mass is 35.5. The molecule has 0 aliphatic carbocycles. The summed E-state index contributed by atoms with van der Waals surface area (Å²) in [6.45, 7) is 2.71. The van der Waals surface area contributed by atoms with Gasteiger partial charge in [0.25, 0.3) is 5.91 Å². The van der Waals surface area contributed by atoms with Gasteiger partial charge in [0.2, 0.25) is 5.91 Å². The minimum atomic E-state index is -3.37. The van der Waals surface area contributed by atoms with E-state index in [1.54, 1.807) is 47.4 Å². The van der Waals surface area contributed by atoms with E-state index in [2.05, 4.69) is 16.0 Å². The molecular formula is C23H27ClN4O6S. The molecule has 1 aliphatic rings. The molecule has 2 aromatic rings. The van der Waals surface area contributed by atoms with Gasteiger partial charge in [-0.3, -0.25) is 9.59 Å². The monoisotopic (exact) mass is 522 g/mol. The van der Waals surface area contributed by atoms with Crippen LogP contribution in [0.5, 0.6) is 0 Å². The number of ether oxygens (including phenoxy) is 1. The third-order valence-corrected chi connectivity index (χ3v) is 6.47. The van der Waals surface area contributed by atoms with Gasteiger partial charge in [-0.25, -0.2) is 13.2 Å². The molecule has 4 amide bonds. The van der Waals surface area contributed by atoms with Gasteiger partial charge in [-0.2, -0.15) is 0 Å². The topological polar surface area (TPSA) is 134 Å². The Morgan fingerprint density at radius 2 is 1.80 bits per heavy atom. The molecular weight excluding hydrogens is 496 g/mol. The molecule has 188 valence electrons. The fraction of sp³-hybridized carbons (Fsp3) is 0.348. The van der Waals surface area contributed by atoms with E-state index in [0.717, 1.165) is 11.8 Å². The van der Waals surface area contributed by atoms with Crippen molar-refractivity contribution < 1.29 is 27.5 Å². The molecule has 1 fully saturated rings. The Bertz CT molecular complexity index is 1200. The van der Waals surface area contributed by atoms with Gasteiger partial charge >= 0.3 is 6.03 Å². The summed E-state index contributed by atoms with van der Waals surface area (Å²) >= 11 is 5.84. The number of hydrogen-bond acceptors (Lipinski definition) is 6. The van der Waals surface area contributed by atoms with Crippen LogP contribution in [0.15, 0.2) is 42.5 Å². The van der Waals surface area contributed by atoms with Crippen LogP contribution in [-0.4, -0.2) is 64.1 Å². The van der Waals surface area contributed by atoms with Crippen LogP contribution in [0, 0.1) is 6.92 Å². The van der Waals surface area contributed by atoms with E-state index in [1.165, 1.54) is 0 Å². The lowest BCUT2D eigenvalue weighted by Gasteiger charge is -2.28. The minimum Gasteiger partial charge on any atom is -0.370 e. The van der Waals surface area contributed by atoms with Crippen molar-refractivity contribution in [2.24, 2.45) is 0 Å². The molecule has 1 heterocycles. The number of nitrogens with zero attached hydrogens (tertiary/aromatic N) is 1. The first-order chi connectivity index (χ1) is 16.5. The second kappa shape index (κ2) is 11.5. The predicted octanol–water partition coefficient (Wildman–Crippen LogP) is 2.58. The van der Waals surface area contributed by atoms with Crippen molar-refractivity contribution in [3.05, 3.63) is 53.1 Å². The molecule has 3 N–H and O–H groups in total. The Kier molecular flexibility index (Phi) is 8.71. The number of aryl methyl sites for hydroxylation is 1. The summed E-state index contributed by atoms with van der Waals surface area (Å²) in [4.78, 5) is 39.2. The average molecular weight is 523 g/mol. The number of amides is 4. The van der Waals surface area contributed by atoms with Crippen LogP contribution in [0.4, 0.5) is 21.9 Å². The first-order valence-corrected chi connectivity index (χ1v) is 13.3. The molecule has 0 aromatic heterocycles. The second-order valence-electron chi connectivity index (χ2n) is 8.16. The number of benzene rings is 2. The zero-order valence-electron chi connectivity index (χ0n) is 19.3. The number of morpholine rings is 1. The second-order valence-corrected chi connectivity index (χ2v) is 10.9. The molecule has 10 nitrogen and oxygen atoms in total. The minimum absolute atomic E-state index is 0.0176. The summed E-state index contributed by atoms with van der Waals surface area (Å²) in [6.07, 6.45) is 0.947. The van der Waals surface area contributed by atoms with Crippen molar-refractivity contribution in [1.82, 2.24) is 5.32 Å². The van der Waals surface area contributed by atoms with Crippen LogP contribution in [-0.2, 0) is 24.2 Å². The first kappa shape index (κ1) is 26.5. The maximum absolute atomic E-state index is 13.0. The zero-order valence-corrected chi connectivity index (χ0v) is 20.9. The van der Waals surface area contributed by atoms with Crippen LogP contribution >= 0.6 is 11.6 Å². The van der Waals surface area contributed by atoms with Crippen molar-refractivity contribution in [3.63, 3.8) is 0 Å². The summed E-state index contributed by atoms with van der Waals surface area (Å²) < 4.78 is 28.5. The number of sulfone groups is 1. The van der Waals surface area contributed by atoms with Gasteiger partial charge in [-0.15, -0.1) is 0 Å². The number of urea groups is 1. The number of halogens is 1. The third-order valence-electron chi connectivity index (χ3n) is 5.24. The summed E-state index contributed by atoms with van der Waals surface area (Å²) in [5.41, 5.74) is 2.38. The normalized spacial score (nSPS) is 14.8. The van der Waals surface area contributed by atoms with Gasteiger partial charge in [-0.05, 0) is 61.4 Å². The Balaban J connectivity index is 1.70. The van der Waals surface area contributed by atoms with Crippen molar-refractivity contribution in [2.75, 3.05) is 47.3 Å². The predicted molar refractivity (Wildman–Crippen MR) is 135 cm³/mol. The molecule has 0 radical (unpaired) electrons. The van der Waals surface area contributed by atoms with Crippen molar-refractivity contribution >= 4 is 56.3 Å². The van der Waals surface area contributed by atoms with E-state index < -0.39 is 27.8 Å². The molecule has 0 bridgehead atoms. The van der Waals surface area contributed by atoms with E-state index in [-0.39, 0.29) is 24.7 Å². The Morgan fingerprint density at radius 3 is 2.43 bits per heavy atom. The first-order valence-electron chi connectivity index (χ1n) is 10.8. The standard InChI is InChI=1S/C23H27ClN4O6S/c1-15-13-18(7-8-20(15)28-10-11-34-14-21(28)29)25-22(30)19(9-12-35(2,32)33)27-23(31)26-17-5-3-16(24)4-6-17/h3-8,13,19H,9-12,14H2,1-2H3,(H,25,30)(H2,26,27,31)/t19-/m1/s1. The zero-order chi connectivity index (χ0) is 25.6. The van der Waals surface area contributed by atoms with Crippen LogP contribution in [0.3, 0.4) is 0 Å². The van der Waals surface area contributed by atoms with E-state index in [9.17, 15) is 22.8 Å². The molecule has 0 saturated carbocycles. The Labute approximate surface area is 208 Å². The summed E-state index contributed by atoms with van der Waals surface area (Å²) in [7, 11) is -3.37. The Morgan fingerprint density at radius 1 is 1.11 bits per heavy atom. The molecule has 1 aliphatic heterocycles. The quantitative estimate of drug-likeness (QED) is 0.488. The lowest BCUT2D eigenvalue weighted by atomic mass is 10.1. The van der Waals surface area contributed by atoms with Gasteiger partial charge in [0.05, 0.1) is 12.4 Å². The van der Waals surface area contributed by atoms with Crippen molar-refractivity contribution in [1.29, 1.82) is 0 Å². The molecule has 1 atom stereocenters. The van der Waals surface area contributed by atoms with Crippen molar-refractivity contribution in [2.45, 2.75) is 19.4 Å². The fourth-order valence-corrected chi connectivity index (χ4v) is 4.29. The number of carbonyl (C=O) groups excluding carboxylic acids is 3. The van der Waals surface area contributed by atoms with Crippen molar-refractivity contribution in [3.8, 4) is 0 Å². The molecule has 35 heavy (non-hydrogen) atoms. The number of nitrogens with one attached hydrogen (secondary N) is 3. The van der Waals surface area contributed by atoms with Gasteiger partial charge < -0.3 is 25.6 Å². The summed E-state index contributed by atoms with van der Waals surface area (Å²) in [5, 5.41) is 8.33. The molecule has 2 aromatic carbocycles. The van der Waals surface area contributed by atoms with Crippen LogP contribution < -0.4 is 20.9 Å². The smallest absolute Gasteiger partial charge is 0.319 e. The van der Waals surface area contributed by atoms with E-state index in [1.807, 2.05) is 6.92 Å². The van der Waals surface area contributed by atoms with Gasteiger partial charge in [0.15, 0.2) is 0 Å². The molecule has 12 heteroatoms. The van der Waals surface area contributed by atoms with Gasteiger partial charge in [-0.1, -0.05) is 11.6 Å². The van der Waals surface area contributed by atoms with Gasteiger partial charge in [0.1, 0.15) is 22.5 Å². The molecule has 1 saturated heterocycles. The van der Waals surface area contributed by atoms with E-state index in [4.69, 9.17) is 16.3 Å². The molecule has 0 unspecified atom stereocenters. The maximum atomic E-state index is 13.0. The summed E-state index contributed by atoms with van der Waals surface area (Å²) in [5.74, 6) is -1.01. The molecule has 0 spiro atoms. The number of carbonyl (C=O) groups is 3. The molecule has 3 rings (SSSR count). The van der Waals surface area contributed by atoms with Crippen LogP contribution in [0.1, 0.15) is 12.0 Å². The lowest BCUT2D eigenvalue weighted by molar-refractivity contribution is -0.125. The van der Waals surface area contributed by atoms with Crippen LogP contribution in [0.25, 0.3) is 0 Å². The summed E-state index contributed by atoms with van der Waals surface area (Å²) in [6, 6.07) is 9.68. The maximum Gasteiger partial charge on any atom is 0.319 e. The van der Waals surface area contributed by atoms with E-state index >= 15 is 0 Å². The lowest BCUT2D eigenvalue weighted by Crippen LogP contribution is -2.46. The Hall–Kier alpha value is -3.15. The third kappa shape index (κ3) is 7.94. The highest BCUT2D eigenvalue weighted by Gasteiger charge is 2.24. The van der Waals surface area contributed by atoms with Crippen LogP contribution in [0.2, 0.25) is 5.02 Å². The highest BCUT2D eigenvalue weighted by molar-refractivity contribution is 7.90. The largest absolute Gasteiger partial charge is 0.370 e. The van der Waals surface area contributed by atoms with E-state index in [0.29, 0.717) is 35.2 Å². The fourth-order valence-electron chi connectivity index (χ4n) is 3.50. The average Bonchev–Trinajstić information content (AvgIpc) is 2.78. The SMILES string of the molecule is Cc1cc(NC(=O)[C@@H](CCS(C)(=O)=O)NC(=O)Nc2ccc(Cl)cc2)ccc1N1CCOCC1=O.